The molecule has 2 fully saturated rings. The minimum Gasteiger partial charge on any atom is -0.379 e. The van der Waals surface area contributed by atoms with Crippen LogP contribution in [-0.2, 0) is 51.4 Å². The molecule has 0 unspecified atom stereocenters. The number of carbonyl (C=O) groups is 5. The smallest absolute Gasteiger partial charge is 0.272 e. The SMILES string of the molecule is CC[C@H](C)[C@@H]([C@@H](CC(=O)N1CCC[C@H]1[C@H](OC)[C@@H](C)C(=O)N[C@@]1(C(=O)N2Cc3ccccc3CO2)C[C@@H]1c1ccccc1)OC)N(C)C(=O)[C@@H](NC(=O)[C@@H](NC)C(C)C)C(C)C. The van der Waals surface area contributed by atoms with Gasteiger partial charge in [0.25, 0.3) is 5.91 Å². The zero-order valence-corrected chi connectivity index (χ0v) is 38.8. The normalized spacial score (nSPS) is 23.1. The first-order valence-electron chi connectivity index (χ1n) is 22.5. The van der Waals surface area contributed by atoms with Crippen molar-refractivity contribution in [2.24, 2.45) is 23.7 Å². The molecule has 3 N–H and O–H groups in total. The zero-order valence-electron chi connectivity index (χ0n) is 38.8. The van der Waals surface area contributed by atoms with Gasteiger partial charge in [0.2, 0.25) is 23.6 Å². The number of nitrogens with zero attached hydrogens (tertiary/aromatic N) is 3. The number of hydrogen-bond acceptors (Lipinski definition) is 9. The average molecular weight is 861 g/mol. The van der Waals surface area contributed by atoms with Crippen LogP contribution in [0.1, 0.15) is 103 Å². The Hall–Kier alpha value is -4.37. The summed E-state index contributed by atoms with van der Waals surface area (Å²) in [5.74, 6) is -2.47. The Balaban J connectivity index is 1.31. The van der Waals surface area contributed by atoms with Crippen molar-refractivity contribution in [3.8, 4) is 0 Å². The van der Waals surface area contributed by atoms with E-state index in [1.54, 1.807) is 45.0 Å². The zero-order chi connectivity index (χ0) is 45.5. The summed E-state index contributed by atoms with van der Waals surface area (Å²) in [5, 5.41) is 10.6. The topological polar surface area (TPSA) is 159 Å². The molecule has 2 aliphatic heterocycles. The summed E-state index contributed by atoms with van der Waals surface area (Å²) in [6.07, 6.45) is 1.18. The van der Waals surface area contributed by atoms with Gasteiger partial charge in [-0.25, -0.2) is 5.06 Å². The van der Waals surface area contributed by atoms with Crippen molar-refractivity contribution in [1.29, 1.82) is 0 Å². The van der Waals surface area contributed by atoms with E-state index in [9.17, 15) is 24.0 Å². The van der Waals surface area contributed by atoms with Crippen LogP contribution >= 0.6 is 0 Å². The van der Waals surface area contributed by atoms with E-state index >= 15 is 0 Å². The molecule has 5 amide bonds. The van der Waals surface area contributed by atoms with Crippen molar-refractivity contribution in [2.45, 2.75) is 142 Å². The van der Waals surface area contributed by atoms with Crippen molar-refractivity contribution in [3.05, 3.63) is 71.3 Å². The average Bonchev–Trinajstić information content (AvgIpc) is 3.79. The van der Waals surface area contributed by atoms with E-state index in [0.29, 0.717) is 19.4 Å². The molecule has 1 aliphatic carbocycles. The summed E-state index contributed by atoms with van der Waals surface area (Å²) in [6, 6.07) is 15.5. The summed E-state index contributed by atoms with van der Waals surface area (Å²) >= 11 is 0. The Labute approximate surface area is 369 Å². The first-order valence-corrected chi connectivity index (χ1v) is 22.5. The van der Waals surface area contributed by atoms with Crippen molar-refractivity contribution < 1.29 is 38.3 Å². The van der Waals surface area contributed by atoms with Crippen molar-refractivity contribution in [3.63, 3.8) is 0 Å². The summed E-state index contributed by atoms with van der Waals surface area (Å²) in [7, 11) is 6.58. The predicted molar refractivity (Wildman–Crippen MR) is 237 cm³/mol. The lowest BCUT2D eigenvalue weighted by Crippen LogP contribution is -2.59. The van der Waals surface area contributed by atoms with Gasteiger partial charge in [-0.05, 0) is 60.8 Å². The Bertz CT molecular complexity index is 1860. The fraction of sp³-hybridized carbons (Fsp3) is 0.646. The Morgan fingerprint density at radius 1 is 0.887 bits per heavy atom. The van der Waals surface area contributed by atoms with E-state index in [1.807, 2.05) is 96.1 Å². The molecular formula is C48H72N6O8. The molecule has 62 heavy (non-hydrogen) atoms. The molecule has 0 aromatic heterocycles. The number of benzene rings is 2. The fourth-order valence-electron chi connectivity index (χ4n) is 9.72. The van der Waals surface area contributed by atoms with Crippen LogP contribution in [0.4, 0.5) is 0 Å². The second-order valence-electron chi connectivity index (χ2n) is 18.3. The maximum atomic E-state index is 14.5. The summed E-state index contributed by atoms with van der Waals surface area (Å²) in [6.45, 7) is 14.6. The number of amides is 5. The van der Waals surface area contributed by atoms with Crippen LogP contribution in [0.15, 0.2) is 54.6 Å². The molecule has 0 spiro atoms. The highest BCUT2D eigenvalue weighted by molar-refractivity contribution is 5.96. The van der Waals surface area contributed by atoms with Crippen molar-refractivity contribution >= 4 is 29.5 Å². The molecule has 1 saturated heterocycles. The van der Waals surface area contributed by atoms with E-state index < -0.39 is 47.8 Å². The van der Waals surface area contributed by atoms with Gasteiger partial charge in [0, 0.05) is 33.7 Å². The maximum absolute atomic E-state index is 14.5. The summed E-state index contributed by atoms with van der Waals surface area (Å²) in [4.78, 5) is 80.3. The van der Waals surface area contributed by atoms with Crippen LogP contribution < -0.4 is 16.0 Å². The van der Waals surface area contributed by atoms with Crippen LogP contribution in [0.2, 0.25) is 0 Å². The molecule has 10 atom stereocenters. The van der Waals surface area contributed by atoms with Gasteiger partial charge in [0.1, 0.15) is 18.2 Å². The van der Waals surface area contributed by atoms with Gasteiger partial charge in [-0.1, -0.05) is 109 Å². The van der Waals surface area contributed by atoms with Gasteiger partial charge in [0.05, 0.1) is 49.2 Å². The second-order valence-corrected chi connectivity index (χ2v) is 18.3. The quantitative estimate of drug-likeness (QED) is 0.170. The van der Waals surface area contributed by atoms with Crippen LogP contribution in [-0.4, -0.2) is 121 Å². The van der Waals surface area contributed by atoms with E-state index in [4.69, 9.17) is 14.3 Å². The molecular weight excluding hydrogens is 789 g/mol. The third-order valence-corrected chi connectivity index (χ3v) is 13.7. The Morgan fingerprint density at radius 3 is 2.13 bits per heavy atom. The number of carbonyl (C=O) groups excluding carboxylic acids is 5. The lowest BCUT2D eigenvalue weighted by molar-refractivity contribution is -0.204. The highest BCUT2D eigenvalue weighted by Crippen LogP contribution is 2.53. The van der Waals surface area contributed by atoms with E-state index in [0.717, 1.165) is 29.5 Å². The first kappa shape index (κ1) is 48.7. The molecule has 2 aromatic rings. The number of methoxy groups -OCH3 is 2. The predicted octanol–water partition coefficient (Wildman–Crippen LogP) is 4.81. The minimum absolute atomic E-state index is 0.000146. The Morgan fingerprint density at radius 2 is 1.53 bits per heavy atom. The molecule has 2 aromatic carbocycles. The number of ether oxygens (including phenoxy) is 2. The highest BCUT2D eigenvalue weighted by Gasteiger charge is 2.64. The third-order valence-electron chi connectivity index (χ3n) is 13.7. The number of hydrogen-bond donors (Lipinski definition) is 3. The molecule has 1 saturated carbocycles. The monoisotopic (exact) mass is 861 g/mol. The lowest BCUT2D eigenvalue weighted by atomic mass is 9.89. The van der Waals surface area contributed by atoms with Gasteiger partial charge in [-0.3, -0.25) is 28.8 Å². The molecule has 3 aliphatic rings. The Kier molecular flexibility index (Phi) is 16.7. The van der Waals surface area contributed by atoms with Crippen LogP contribution in [0.25, 0.3) is 0 Å². The van der Waals surface area contributed by atoms with Gasteiger partial charge >= 0.3 is 0 Å². The number of likely N-dealkylation sites (N-methyl/N-ethyl adjacent to an activating group) is 2. The summed E-state index contributed by atoms with van der Waals surface area (Å²) < 4.78 is 12.2. The molecule has 0 radical (unpaired) electrons. The van der Waals surface area contributed by atoms with Gasteiger partial charge in [0.15, 0.2) is 0 Å². The number of fused-ring (bicyclic) bond motifs is 1. The van der Waals surface area contributed by atoms with E-state index in [1.165, 1.54) is 5.06 Å². The highest BCUT2D eigenvalue weighted by atomic mass is 16.7. The molecule has 5 rings (SSSR count). The molecule has 14 nitrogen and oxygen atoms in total. The standard InChI is InChI=1S/C48H72N6O8/c1-12-31(6)42(52(9)46(58)41(30(4)5)50-45(57)40(49-8)29(2)3)38(60-10)25-39(55)53-24-18-23-37(53)43(61-11)32(7)44(56)51-48(26-36(48)33-19-14-13-15-20-33)47(59)54-27-34-21-16-17-22-35(34)28-62-54/h13-17,19-22,29-32,36-38,40-43,49H,12,18,23-28H2,1-11H3,(H,50,57)(H,51,56)/t31-,32+,36+,37-,38+,40-,41-,42-,43+,48-/m0/s1. The van der Waals surface area contributed by atoms with Crippen LogP contribution in [0.5, 0.6) is 0 Å². The van der Waals surface area contributed by atoms with Crippen LogP contribution in [0.3, 0.4) is 0 Å². The van der Waals surface area contributed by atoms with Crippen molar-refractivity contribution in [1.82, 2.24) is 30.8 Å². The number of nitrogens with one attached hydrogen (secondary N) is 3. The lowest BCUT2D eigenvalue weighted by Gasteiger charge is -2.41. The van der Waals surface area contributed by atoms with Gasteiger partial charge in [-0.2, -0.15) is 0 Å². The molecule has 0 bridgehead atoms. The minimum atomic E-state index is -1.21. The van der Waals surface area contributed by atoms with E-state index in [-0.39, 0.29) is 72.8 Å². The number of rotatable bonds is 20. The van der Waals surface area contributed by atoms with E-state index in [2.05, 4.69) is 16.0 Å². The van der Waals surface area contributed by atoms with Crippen LogP contribution in [0, 0.1) is 23.7 Å². The number of likely N-dealkylation sites (tertiary alicyclic amines) is 1. The largest absolute Gasteiger partial charge is 0.379 e. The maximum Gasteiger partial charge on any atom is 0.272 e. The van der Waals surface area contributed by atoms with Crippen molar-refractivity contribution in [2.75, 3.05) is 34.9 Å². The number of hydroxylamine groups is 2. The van der Waals surface area contributed by atoms with Gasteiger partial charge in [-0.15, -0.1) is 0 Å². The van der Waals surface area contributed by atoms with Gasteiger partial charge < -0.3 is 35.2 Å². The molecule has 2 heterocycles. The molecule has 342 valence electrons. The first-order chi connectivity index (χ1) is 29.5. The second kappa shape index (κ2) is 21.3. The molecule has 14 heteroatoms. The third kappa shape index (κ3) is 10.5. The summed E-state index contributed by atoms with van der Waals surface area (Å²) in [5.41, 5.74) is 1.77. The fourth-order valence-corrected chi connectivity index (χ4v) is 9.72.